The van der Waals surface area contributed by atoms with Gasteiger partial charge in [0.15, 0.2) is 6.29 Å². The molecule has 0 aromatic rings. The van der Waals surface area contributed by atoms with E-state index in [1.807, 2.05) is 0 Å². The molecule has 0 bridgehead atoms. The van der Waals surface area contributed by atoms with Gasteiger partial charge < -0.3 is 50.5 Å². The highest BCUT2D eigenvalue weighted by molar-refractivity contribution is 5.80. The zero-order chi connectivity index (χ0) is 53.3. The van der Waals surface area contributed by atoms with Gasteiger partial charge in [0.25, 0.3) is 0 Å². The van der Waals surface area contributed by atoms with Crippen LogP contribution in [0.3, 0.4) is 0 Å². The zero-order valence-corrected chi connectivity index (χ0v) is 46.9. The van der Waals surface area contributed by atoms with E-state index in [0.29, 0.717) is 19.3 Å². The van der Waals surface area contributed by atoms with Gasteiger partial charge in [0.2, 0.25) is 5.91 Å². The lowest BCUT2D eigenvalue weighted by Gasteiger charge is -2.40. The van der Waals surface area contributed by atoms with Crippen LogP contribution in [0.2, 0.25) is 0 Å². The van der Waals surface area contributed by atoms with E-state index in [9.17, 15) is 40.5 Å². The molecule has 0 aromatic heterocycles. The minimum Gasteiger partial charge on any atom is -0.394 e. The van der Waals surface area contributed by atoms with Crippen LogP contribution in [0.25, 0.3) is 0 Å². The van der Waals surface area contributed by atoms with E-state index in [-0.39, 0.29) is 12.8 Å². The molecule has 0 saturated carbocycles. The molecule has 1 rings (SSSR count). The predicted molar refractivity (Wildman–Crippen MR) is 302 cm³/mol. The smallest absolute Gasteiger partial charge is 0.249 e. The lowest BCUT2D eigenvalue weighted by Crippen LogP contribution is -2.60. The molecule has 0 aromatic carbocycles. The van der Waals surface area contributed by atoms with E-state index in [1.54, 1.807) is 0 Å². The van der Waals surface area contributed by atoms with Gasteiger partial charge in [-0.3, -0.25) is 4.79 Å². The van der Waals surface area contributed by atoms with Crippen molar-refractivity contribution in [3.05, 3.63) is 48.6 Å². The van der Waals surface area contributed by atoms with Gasteiger partial charge in [0.1, 0.15) is 36.6 Å². The maximum atomic E-state index is 13.2. The second-order valence-corrected chi connectivity index (χ2v) is 21.4. The first-order chi connectivity index (χ1) is 35.7. The Kier molecular flexibility index (Phi) is 48.1. The molecule has 0 aliphatic carbocycles. The first-order valence-electron chi connectivity index (χ1n) is 30.5. The van der Waals surface area contributed by atoms with Crippen molar-refractivity contribution in [2.24, 2.45) is 0 Å². The maximum Gasteiger partial charge on any atom is 0.249 e. The van der Waals surface area contributed by atoms with Gasteiger partial charge >= 0.3 is 0 Å². The molecule has 1 fully saturated rings. The van der Waals surface area contributed by atoms with Crippen molar-refractivity contribution < 1.29 is 50.0 Å². The second kappa shape index (κ2) is 50.9. The normalized spacial score (nSPS) is 20.3. The fraction of sp³-hybridized carbons (Fsp3) is 0.855. The third-order valence-corrected chi connectivity index (χ3v) is 14.6. The quantitative estimate of drug-likeness (QED) is 0.0215. The van der Waals surface area contributed by atoms with Crippen LogP contribution >= 0.6 is 0 Å². The zero-order valence-electron chi connectivity index (χ0n) is 46.9. The van der Waals surface area contributed by atoms with Crippen molar-refractivity contribution in [2.75, 3.05) is 13.2 Å². The van der Waals surface area contributed by atoms with Crippen LogP contribution in [0.4, 0.5) is 0 Å². The SMILES string of the molecule is CCCCCCCC/C=C\CCCCCCCCC(O)C(=O)NC(COC1OC(CO)C(O)C(O)C1O)C(O)C(O)CCC/C=C/CC/C=C/CC/C=C/CCCCCCCCCCCCCCCCCCC. The Hall–Kier alpha value is -1.93. The Labute approximate surface area is 447 Å². The molecule has 1 saturated heterocycles. The van der Waals surface area contributed by atoms with Crippen LogP contribution in [0, 0.1) is 0 Å². The summed E-state index contributed by atoms with van der Waals surface area (Å²) in [6, 6.07) is -1.20. The monoisotopic (exact) mass is 1030 g/mol. The number of aliphatic hydroxyl groups excluding tert-OH is 7. The third kappa shape index (κ3) is 39.1. The number of carbonyl (C=O) groups is 1. The molecule has 11 heteroatoms. The van der Waals surface area contributed by atoms with Gasteiger partial charge in [0.05, 0.1) is 25.4 Å². The Morgan fingerprint density at radius 3 is 1.22 bits per heavy atom. The number of hydrogen-bond donors (Lipinski definition) is 8. The van der Waals surface area contributed by atoms with E-state index in [0.717, 1.165) is 64.2 Å². The summed E-state index contributed by atoms with van der Waals surface area (Å²) in [6.07, 6.45) is 53.3. The number of allylic oxidation sites excluding steroid dienone is 8. The Morgan fingerprint density at radius 1 is 0.466 bits per heavy atom. The Morgan fingerprint density at radius 2 is 0.822 bits per heavy atom. The van der Waals surface area contributed by atoms with Crippen molar-refractivity contribution in [3.8, 4) is 0 Å². The number of aliphatic hydroxyl groups is 7. The summed E-state index contributed by atoms with van der Waals surface area (Å²) in [6.45, 7) is 3.44. The fourth-order valence-electron chi connectivity index (χ4n) is 9.59. The molecule has 11 nitrogen and oxygen atoms in total. The summed E-state index contributed by atoms with van der Waals surface area (Å²) in [4.78, 5) is 13.2. The van der Waals surface area contributed by atoms with Gasteiger partial charge in [0, 0.05) is 0 Å². The molecule has 8 N–H and O–H groups in total. The largest absolute Gasteiger partial charge is 0.394 e. The molecule has 1 heterocycles. The number of carbonyl (C=O) groups excluding carboxylic acids is 1. The first kappa shape index (κ1) is 69.1. The molecule has 1 amide bonds. The molecule has 0 radical (unpaired) electrons. The standard InChI is InChI=1S/C62H115NO10/c1-3-5-7-9-11-13-15-17-19-21-22-23-24-25-26-27-28-29-30-31-32-33-34-36-37-39-41-43-45-47-49-54(65)57(67)53(52-72-62-60(70)59(69)58(68)56(51-64)73-62)63-61(71)55(66)50-48-46-44-42-40-38-35-20-18-16-14-12-10-8-6-4-2/h18,20,30-31,34,36,41,43,53-60,62,64-70H,3-17,19,21-29,32-33,35,37-40,42,44-52H2,1-2H3,(H,63,71)/b20-18-,31-30+,36-34+,43-41+. The van der Waals surface area contributed by atoms with Crippen LogP contribution in [-0.4, -0.2) is 110 Å². The van der Waals surface area contributed by atoms with E-state index in [1.165, 1.54) is 161 Å². The van der Waals surface area contributed by atoms with E-state index in [4.69, 9.17) is 9.47 Å². The topological polar surface area (TPSA) is 189 Å². The van der Waals surface area contributed by atoms with Crippen molar-refractivity contribution in [1.82, 2.24) is 5.32 Å². The van der Waals surface area contributed by atoms with Gasteiger partial charge in [-0.1, -0.05) is 229 Å². The molecular weight excluding hydrogens is 919 g/mol. The highest BCUT2D eigenvalue weighted by atomic mass is 16.7. The number of rotatable bonds is 52. The second-order valence-electron chi connectivity index (χ2n) is 21.4. The molecule has 73 heavy (non-hydrogen) atoms. The summed E-state index contributed by atoms with van der Waals surface area (Å²) in [5, 5.41) is 76.1. The highest BCUT2D eigenvalue weighted by Crippen LogP contribution is 2.23. The number of amides is 1. The van der Waals surface area contributed by atoms with Gasteiger partial charge in [-0.2, -0.15) is 0 Å². The Balaban J connectivity index is 2.30. The third-order valence-electron chi connectivity index (χ3n) is 14.6. The summed E-state index contributed by atoms with van der Waals surface area (Å²) in [5.41, 5.74) is 0. The van der Waals surface area contributed by atoms with Crippen LogP contribution in [0.1, 0.15) is 271 Å². The molecule has 428 valence electrons. The fourth-order valence-corrected chi connectivity index (χ4v) is 9.59. The van der Waals surface area contributed by atoms with E-state index >= 15 is 0 Å². The van der Waals surface area contributed by atoms with Crippen molar-refractivity contribution in [2.45, 2.75) is 326 Å². The highest BCUT2D eigenvalue weighted by Gasteiger charge is 2.44. The van der Waals surface area contributed by atoms with Gasteiger partial charge in [-0.25, -0.2) is 0 Å². The molecule has 9 unspecified atom stereocenters. The molecule has 0 spiro atoms. The molecule has 1 aliphatic rings. The van der Waals surface area contributed by atoms with E-state index in [2.05, 4.69) is 67.8 Å². The van der Waals surface area contributed by atoms with Gasteiger partial charge in [-0.15, -0.1) is 0 Å². The summed E-state index contributed by atoms with van der Waals surface area (Å²) in [5.74, 6) is -0.717. The summed E-state index contributed by atoms with van der Waals surface area (Å²) >= 11 is 0. The first-order valence-corrected chi connectivity index (χ1v) is 30.5. The minimum atomic E-state index is -1.68. The molecule has 1 aliphatic heterocycles. The average molecular weight is 1030 g/mol. The predicted octanol–water partition coefficient (Wildman–Crippen LogP) is 13.2. The summed E-state index contributed by atoms with van der Waals surface area (Å²) in [7, 11) is 0. The van der Waals surface area contributed by atoms with E-state index < -0.39 is 74.2 Å². The molecule has 9 atom stereocenters. The van der Waals surface area contributed by atoms with Crippen LogP contribution in [0.5, 0.6) is 0 Å². The van der Waals surface area contributed by atoms with Gasteiger partial charge in [-0.05, 0) is 89.9 Å². The lowest BCUT2D eigenvalue weighted by molar-refractivity contribution is -0.303. The summed E-state index contributed by atoms with van der Waals surface area (Å²) < 4.78 is 11.1. The average Bonchev–Trinajstić information content (AvgIpc) is 3.39. The number of ether oxygens (including phenoxy) is 2. The molecular formula is C62H115NO10. The maximum absolute atomic E-state index is 13.2. The van der Waals surface area contributed by atoms with Crippen molar-refractivity contribution >= 4 is 5.91 Å². The number of hydrogen-bond acceptors (Lipinski definition) is 10. The van der Waals surface area contributed by atoms with Crippen LogP contribution in [-0.2, 0) is 14.3 Å². The number of unbranched alkanes of at least 4 members (excludes halogenated alkanes) is 32. The van der Waals surface area contributed by atoms with Crippen LogP contribution < -0.4 is 5.32 Å². The number of nitrogens with one attached hydrogen (secondary N) is 1. The van der Waals surface area contributed by atoms with Crippen LogP contribution in [0.15, 0.2) is 48.6 Å². The van der Waals surface area contributed by atoms with Crippen molar-refractivity contribution in [3.63, 3.8) is 0 Å². The van der Waals surface area contributed by atoms with Crippen molar-refractivity contribution in [1.29, 1.82) is 0 Å². The Bertz CT molecular complexity index is 1320. The lowest BCUT2D eigenvalue weighted by atomic mass is 9.98. The minimum absolute atomic E-state index is 0.239.